The van der Waals surface area contributed by atoms with E-state index in [9.17, 15) is 14.0 Å². The number of nitrogens with zero attached hydrogens (tertiary/aromatic N) is 1. The highest BCUT2D eigenvalue weighted by atomic mass is 19.1. The van der Waals surface area contributed by atoms with Gasteiger partial charge in [0.25, 0.3) is 0 Å². The maximum atomic E-state index is 14.2. The zero-order valence-electron chi connectivity index (χ0n) is 22.9. The van der Waals surface area contributed by atoms with E-state index in [4.69, 9.17) is 19.2 Å². The van der Waals surface area contributed by atoms with Crippen molar-refractivity contribution in [3.05, 3.63) is 35.1 Å². The largest absolute Gasteiger partial charge is 0.478 e. The summed E-state index contributed by atoms with van der Waals surface area (Å²) >= 11 is 0. The van der Waals surface area contributed by atoms with Crippen molar-refractivity contribution in [2.24, 2.45) is 16.8 Å². The van der Waals surface area contributed by atoms with Gasteiger partial charge in [-0.25, -0.2) is 9.38 Å². The van der Waals surface area contributed by atoms with Crippen LogP contribution >= 0.6 is 0 Å². The molecule has 3 heterocycles. The number of unbranched alkanes of at least 4 members (excludes halogenated alkanes) is 6. The van der Waals surface area contributed by atoms with Crippen LogP contribution in [0.1, 0.15) is 82.3 Å². The lowest BCUT2D eigenvalue weighted by molar-refractivity contribution is -0.140. The molecular formula is C30H43FN2O5. The van der Waals surface area contributed by atoms with E-state index in [1.165, 1.54) is 45.3 Å². The summed E-state index contributed by atoms with van der Waals surface area (Å²) < 4.78 is 31.3. The fourth-order valence-corrected chi connectivity index (χ4v) is 6.12. The Balaban J connectivity index is 1.34. The van der Waals surface area contributed by atoms with Gasteiger partial charge in [-0.05, 0) is 55.4 Å². The Morgan fingerprint density at radius 3 is 2.63 bits per heavy atom. The predicted molar refractivity (Wildman–Crippen MR) is 143 cm³/mol. The lowest BCUT2D eigenvalue weighted by Crippen LogP contribution is -2.35. The lowest BCUT2D eigenvalue weighted by Gasteiger charge is -2.28. The Morgan fingerprint density at radius 2 is 1.84 bits per heavy atom. The number of carbonyl (C=O) groups is 2. The van der Waals surface area contributed by atoms with Gasteiger partial charge in [0, 0.05) is 18.9 Å². The number of esters is 1. The van der Waals surface area contributed by atoms with Crippen molar-refractivity contribution >= 4 is 17.8 Å². The second kappa shape index (κ2) is 14.1. The molecule has 5 unspecified atom stereocenters. The number of nitrogens with one attached hydrogen (secondary N) is 1. The van der Waals surface area contributed by atoms with Gasteiger partial charge in [-0.3, -0.25) is 9.59 Å². The van der Waals surface area contributed by atoms with E-state index in [0.29, 0.717) is 25.3 Å². The number of halogens is 1. The van der Waals surface area contributed by atoms with E-state index in [2.05, 4.69) is 12.2 Å². The number of aliphatic imine (C=N–C) groups is 1. The summed E-state index contributed by atoms with van der Waals surface area (Å²) in [5.41, 5.74) is 1.82. The summed E-state index contributed by atoms with van der Waals surface area (Å²) in [6, 6.07) is 4.22. The number of hydrogen-bond acceptors (Lipinski definition) is 6. The molecule has 0 aromatic heterocycles. The van der Waals surface area contributed by atoms with Crippen LogP contribution in [0.4, 0.5) is 4.39 Å². The number of carbonyl (C=O) groups excluding carboxylic acids is 2. The average molecular weight is 531 g/mol. The smallest absolute Gasteiger partial charge is 0.305 e. The number of amides is 1. The molecule has 1 amide bonds. The third kappa shape index (κ3) is 7.33. The Kier molecular flexibility index (Phi) is 10.6. The number of fused-ring (bicyclic) bond motifs is 2. The molecule has 2 bridgehead atoms. The van der Waals surface area contributed by atoms with Crippen molar-refractivity contribution in [1.29, 1.82) is 0 Å². The second-order valence-electron chi connectivity index (χ2n) is 10.9. The van der Waals surface area contributed by atoms with Crippen LogP contribution in [0.25, 0.3) is 0 Å². The molecule has 3 aliphatic rings. The Hall–Kier alpha value is -2.48. The first-order chi connectivity index (χ1) is 18.5. The van der Waals surface area contributed by atoms with Crippen molar-refractivity contribution in [3.63, 3.8) is 0 Å². The molecule has 5 atom stereocenters. The monoisotopic (exact) mass is 530 g/mol. The van der Waals surface area contributed by atoms with E-state index in [1.807, 2.05) is 0 Å². The van der Waals surface area contributed by atoms with Crippen molar-refractivity contribution in [1.82, 2.24) is 5.32 Å². The molecule has 0 spiro atoms. The van der Waals surface area contributed by atoms with Gasteiger partial charge in [0.05, 0.1) is 25.2 Å². The molecule has 1 aromatic carbocycles. The van der Waals surface area contributed by atoms with E-state index in [-0.39, 0.29) is 54.8 Å². The average Bonchev–Trinajstić information content (AvgIpc) is 3.66. The third-order valence-electron chi connectivity index (χ3n) is 8.21. The molecule has 0 saturated carbocycles. The van der Waals surface area contributed by atoms with E-state index in [1.54, 1.807) is 12.1 Å². The maximum absolute atomic E-state index is 14.2. The molecule has 0 aliphatic carbocycles. The SMILES string of the molecule is CCCCCCCCCNC(=O)C1COC(C2C3CCC(O3)C2Cc2cc(F)ccc2CCC(=O)OC)=N1. The summed E-state index contributed by atoms with van der Waals surface area (Å²) in [7, 11) is 1.37. The molecular weight excluding hydrogens is 487 g/mol. The molecule has 1 aromatic rings. The predicted octanol–water partition coefficient (Wildman–Crippen LogP) is 4.93. The molecule has 1 N–H and O–H groups in total. The zero-order valence-corrected chi connectivity index (χ0v) is 22.9. The standard InChI is InChI=1S/C30H43FN2O5/c1-3-4-5-6-7-8-9-16-32-29(35)24-19-37-30(33-24)28-23(25-13-14-26(28)38-25)18-21-17-22(31)12-10-20(21)11-15-27(34)36-2/h10,12,17,23-26,28H,3-9,11,13-16,18-19H2,1-2H3,(H,32,35). The lowest BCUT2D eigenvalue weighted by atomic mass is 9.75. The van der Waals surface area contributed by atoms with Gasteiger partial charge in [-0.1, -0.05) is 51.5 Å². The van der Waals surface area contributed by atoms with Gasteiger partial charge in [-0.15, -0.1) is 0 Å². The first kappa shape index (κ1) is 28.5. The quantitative estimate of drug-likeness (QED) is 0.257. The molecule has 8 heteroatoms. The number of methoxy groups -OCH3 is 1. The first-order valence-corrected chi connectivity index (χ1v) is 14.5. The molecule has 0 radical (unpaired) electrons. The zero-order chi connectivity index (χ0) is 26.9. The van der Waals surface area contributed by atoms with Crippen LogP contribution in [0, 0.1) is 17.7 Å². The summed E-state index contributed by atoms with van der Waals surface area (Å²) in [6.07, 6.45) is 11.7. The van der Waals surface area contributed by atoms with Crippen LogP contribution in [-0.4, -0.2) is 56.3 Å². The fraction of sp³-hybridized carbons (Fsp3) is 0.700. The molecule has 4 rings (SSSR count). The highest BCUT2D eigenvalue weighted by molar-refractivity contribution is 5.90. The Bertz CT molecular complexity index is 983. The number of aryl methyl sites for hydroxylation is 1. The molecule has 2 fully saturated rings. The number of hydrogen-bond donors (Lipinski definition) is 1. The topological polar surface area (TPSA) is 86.2 Å². The van der Waals surface area contributed by atoms with Gasteiger partial charge < -0.3 is 19.5 Å². The van der Waals surface area contributed by atoms with Crippen molar-refractivity contribution < 1.29 is 28.2 Å². The number of ether oxygens (including phenoxy) is 3. The molecule has 38 heavy (non-hydrogen) atoms. The van der Waals surface area contributed by atoms with Crippen LogP contribution in [0.5, 0.6) is 0 Å². The van der Waals surface area contributed by atoms with Crippen LogP contribution in [0.15, 0.2) is 23.2 Å². The first-order valence-electron chi connectivity index (χ1n) is 14.5. The van der Waals surface area contributed by atoms with Crippen molar-refractivity contribution in [2.45, 2.75) is 102 Å². The Labute approximate surface area is 225 Å². The Morgan fingerprint density at radius 1 is 1.08 bits per heavy atom. The van der Waals surface area contributed by atoms with Gasteiger partial charge >= 0.3 is 5.97 Å². The van der Waals surface area contributed by atoms with Crippen LogP contribution < -0.4 is 5.32 Å². The van der Waals surface area contributed by atoms with Crippen LogP contribution in [0.2, 0.25) is 0 Å². The van der Waals surface area contributed by atoms with Gasteiger partial charge in [-0.2, -0.15) is 0 Å². The summed E-state index contributed by atoms with van der Waals surface area (Å²) in [4.78, 5) is 29.1. The van der Waals surface area contributed by atoms with E-state index in [0.717, 1.165) is 36.8 Å². The van der Waals surface area contributed by atoms with Gasteiger partial charge in [0.15, 0.2) is 11.9 Å². The van der Waals surface area contributed by atoms with E-state index < -0.39 is 6.04 Å². The van der Waals surface area contributed by atoms with Crippen LogP contribution in [0.3, 0.4) is 0 Å². The molecule has 3 aliphatic heterocycles. The minimum absolute atomic E-state index is 0.00495. The molecule has 2 saturated heterocycles. The minimum Gasteiger partial charge on any atom is -0.478 e. The second-order valence-corrected chi connectivity index (χ2v) is 10.9. The highest BCUT2D eigenvalue weighted by Crippen LogP contribution is 2.46. The number of rotatable bonds is 15. The van der Waals surface area contributed by atoms with E-state index >= 15 is 0 Å². The summed E-state index contributed by atoms with van der Waals surface area (Å²) in [5.74, 6) is -0.0271. The minimum atomic E-state index is -0.529. The van der Waals surface area contributed by atoms with Gasteiger partial charge in [0.1, 0.15) is 12.4 Å². The van der Waals surface area contributed by atoms with Crippen molar-refractivity contribution in [3.8, 4) is 0 Å². The third-order valence-corrected chi connectivity index (χ3v) is 8.21. The number of benzene rings is 1. The summed E-state index contributed by atoms with van der Waals surface area (Å²) in [6.45, 7) is 3.14. The molecule has 7 nitrogen and oxygen atoms in total. The fourth-order valence-electron chi connectivity index (χ4n) is 6.12. The van der Waals surface area contributed by atoms with Crippen LogP contribution in [-0.2, 0) is 36.6 Å². The molecule has 210 valence electrons. The summed E-state index contributed by atoms with van der Waals surface area (Å²) in [5, 5.41) is 3.03. The normalized spacial score (nSPS) is 25.8. The van der Waals surface area contributed by atoms with Gasteiger partial charge in [0.2, 0.25) is 5.91 Å². The van der Waals surface area contributed by atoms with Crippen molar-refractivity contribution in [2.75, 3.05) is 20.3 Å². The highest BCUT2D eigenvalue weighted by Gasteiger charge is 2.53. The maximum Gasteiger partial charge on any atom is 0.305 e.